The van der Waals surface area contributed by atoms with Crippen LogP contribution in [0.15, 0.2) is 0 Å². The van der Waals surface area contributed by atoms with Crippen LogP contribution in [0.5, 0.6) is 0 Å². The third kappa shape index (κ3) is 2.53. The minimum Gasteiger partial charge on any atom is -0.379 e. The van der Waals surface area contributed by atoms with E-state index in [2.05, 4.69) is 17.2 Å². The molecule has 92 valence electrons. The largest absolute Gasteiger partial charge is 0.379 e. The predicted octanol–water partition coefficient (Wildman–Crippen LogP) is -0.166. The van der Waals surface area contributed by atoms with Crippen molar-refractivity contribution in [3.8, 4) is 0 Å². The van der Waals surface area contributed by atoms with Gasteiger partial charge in [-0.05, 0) is 19.4 Å². The van der Waals surface area contributed by atoms with E-state index in [-0.39, 0.29) is 11.9 Å². The van der Waals surface area contributed by atoms with E-state index in [0.717, 1.165) is 52.2 Å². The lowest BCUT2D eigenvalue weighted by Crippen LogP contribution is -2.51. The quantitative estimate of drug-likeness (QED) is 0.724. The summed E-state index contributed by atoms with van der Waals surface area (Å²) >= 11 is 0. The molecule has 5 heteroatoms. The van der Waals surface area contributed by atoms with Crippen molar-refractivity contribution in [2.75, 3.05) is 39.4 Å². The van der Waals surface area contributed by atoms with Crippen LogP contribution in [0.2, 0.25) is 0 Å². The van der Waals surface area contributed by atoms with Crippen LogP contribution in [0.1, 0.15) is 19.8 Å². The van der Waals surface area contributed by atoms with Crippen molar-refractivity contribution in [3.63, 3.8) is 0 Å². The van der Waals surface area contributed by atoms with Gasteiger partial charge in [0, 0.05) is 19.6 Å². The SMILES string of the molecule is CCCNC1CCN(N2CCOCC2)C1=O. The van der Waals surface area contributed by atoms with E-state index in [1.165, 1.54) is 0 Å². The molecule has 1 amide bonds. The van der Waals surface area contributed by atoms with Gasteiger partial charge in [-0.2, -0.15) is 0 Å². The normalized spacial score (nSPS) is 27.7. The number of rotatable bonds is 4. The molecule has 2 heterocycles. The predicted molar refractivity (Wildman–Crippen MR) is 60.8 cm³/mol. The Morgan fingerprint density at radius 2 is 2.12 bits per heavy atom. The lowest BCUT2D eigenvalue weighted by Gasteiger charge is -2.34. The van der Waals surface area contributed by atoms with Crippen LogP contribution < -0.4 is 5.32 Å². The Hall–Kier alpha value is -0.650. The van der Waals surface area contributed by atoms with E-state index < -0.39 is 0 Å². The van der Waals surface area contributed by atoms with Crippen molar-refractivity contribution in [2.24, 2.45) is 0 Å². The van der Waals surface area contributed by atoms with Gasteiger partial charge in [-0.1, -0.05) is 6.92 Å². The van der Waals surface area contributed by atoms with E-state index in [4.69, 9.17) is 4.74 Å². The monoisotopic (exact) mass is 227 g/mol. The van der Waals surface area contributed by atoms with Gasteiger partial charge in [0.2, 0.25) is 0 Å². The van der Waals surface area contributed by atoms with Crippen LogP contribution in [0.4, 0.5) is 0 Å². The molecule has 0 aromatic heterocycles. The number of nitrogens with zero attached hydrogens (tertiary/aromatic N) is 2. The Morgan fingerprint density at radius 3 is 2.81 bits per heavy atom. The maximum atomic E-state index is 12.1. The molecule has 0 bridgehead atoms. The molecule has 0 aromatic rings. The fourth-order valence-corrected chi connectivity index (χ4v) is 2.25. The summed E-state index contributed by atoms with van der Waals surface area (Å²) in [6.07, 6.45) is 2.00. The average molecular weight is 227 g/mol. The minimum atomic E-state index is 0.0304. The van der Waals surface area contributed by atoms with Crippen molar-refractivity contribution in [3.05, 3.63) is 0 Å². The molecule has 2 saturated heterocycles. The maximum absolute atomic E-state index is 12.1. The Bertz CT molecular complexity index is 241. The smallest absolute Gasteiger partial charge is 0.254 e. The molecule has 1 atom stereocenters. The zero-order valence-corrected chi connectivity index (χ0v) is 9.95. The number of hydrazine groups is 1. The Morgan fingerprint density at radius 1 is 1.38 bits per heavy atom. The third-order valence-electron chi connectivity index (χ3n) is 3.15. The molecule has 1 N–H and O–H groups in total. The van der Waals surface area contributed by atoms with Crippen LogP contribution in [-0.2, 0) is 9.53 Å². The summed E-state index contributed by atoms with van der Waals surface area (Å²) in [5, 5.41) is 7.32. The summed E-state index contributed by atoms with van der Waals surface area (Å²) in [6, 6.07) is 0.0304. The number of hydrogen-bond acceptors (Lipinski definition) is 4. The van der Waals surface area contributed by atoms with Gasteiger partial charge in [0.15, 0.2) is 0 Å². The van der Waals surface area contributed by atoms with Gasteiger partial charge < -0.3 is 10.1 Å². The van der Waals surface area contributed by atoms with Crippen molar-refractivity contribution >= 4 is 5.91 Å². The number of amides is 1. The number of ether oxygens (including phenoxy) is 1. The Labute approximate surface area is 96.7 Å². The molecule has 0 spiro atoms. The highest BCUT2D eigenvalue weighted by atomic mass is 16.5. The second-order valence-corrected chi connectivity index (χ2v) is 4.32. The molecular formula is C11H21N3O2. The molecule has 16 heavy (non-hydrogen) atoms. The number of nitrogens with one attached hydrogen (secondary N) is 1. The molecule has 2 fully saturated rings. The topological polar surface area (TPSA) is 44.8 Å². The summed E-state index contributed by atoms with van der Waals surface area (Å²) < 4.78 is 5.29. The van der Waals surface area contributed by atoms with Gasteiger partial charge in [-0.25, -0.2) is 5.01 Å². The first kappa shape index (κ1) is 11.8. The fourth-order valence-electron chi connectivity index (χ4n) is 2.25. The highest BCUT2D eigenvalue weighted by Crippen LogP contribution is 2.15. The Balaban J connectivity index is 1.85. The highest BCUT2D eigenvalue weighted by molar-refractivity contribution is 5.83. The molecule has 0 saturated carbocycles. The first-order chi connectivity index (χ1) is 7.83. The molecule has 2 aliphatic rings. The van der Waals surface area contributed by atoms with Crippen molar-refractivity contribution in [1.82, 2.24) is 15.3 Å². The number of morpholine rings is 1. The van der Waals surface area contributed by atoms with Gasteiger partial charge in [0.05, 0.1) is 19.3 Å². The summed E-state index contributed by atoms with van der Waals surface area (Å²) in [6.45, 7) is 7.03. The maximum Gasteiger partial charge on any atom is 0.254 e. The lowest BCUT2D eigenvalue weighted by molar-refractivity contribution is -0.151. The van der Waals surface area contributed by atoms with E-state index in [9.17, 15) is 4.79 Å². The second-order valence-electron chi connectivity index (χ2n) is 4.32. The van der Waals surface area contributed by atoms with Gasteiger partial charge in [-0.3, -0.25) is 9.80 Å². The number of carbonyl (C=O) groups is 1. The zero-order valence-electron chi connectivity index (χ0n) is 9.95. The zero-order chi connectivity index (χ0) is 11.4. The summed E-state index contributed by atoms with van der Waals surface area (Å²) in [7, 11) is 0. The summed E-state index contributed by atoms with van der Waals surface area (Å²) in [5.74, 6) is 0.232. The molecule has 2 aliphatic heterocycles. The average Bonchev–Trinajstić information content (AvgIpc) is 2.69. The van der Waals surface area contributed by atoms with E-state index >= 15 is 0 Å². The first-order valence-electron chi connectivity index (χ1n) is 6.20. The standard InChI is InChI=1S/C11H21N3O2/c1-2-4-12-10-3-5-14(11(10)15)13-6-8-16-9-7-13/h10,12H,2-9H2,1H3. The van der Waals surface area contributed by atoms with E-state index in [1.54, 1.807) is 0 Å². The molecule has 5 nitrogen and oxygen atoms in total. The minimum absolute atomic E-state index is 0.0304. The summed E-state index contributed by atoms with van der Waals surface area (Å²) in [5.41, 5.74) is 0. The highest BCUT2D eigenvalue weighted by Gasteiger charge is 2.34. The molecule has 0 radical (unpaired) electrons. The Kier molecular flexibility index (Phi) is 4.15. The third-order valence-corrected chi connectivity index (χ3v) is 3.15. The molecule has 2 rings (SSSR count). The summed E-state index contributed by atoms with van der Waals surface area (Å²) in [4.78, 5) is 12.1. The van der Waals surface area contributed by atoms with E-state index in [0.29, 0.717) is 0 Å². The van der Waals surface area contributed by atoms with Gasteiger partial charge in [-0.15, -0.1) is 0 Å². The molecule has 0 aromatic carbocycles. The van der Waals surface area contributed by atoms with Crippen LogP contribution in [0, 0.1) is 0 Å². The van der Waals surface area contributed by atoms with Crippen LogP contribution in [0.25, 0.3) is 0 Å². The van der Waals surface area contributed by atoms with E-state index in [1.807, 2.05) is 5.01 Å². The van der Waals surface area contributed by atoms with Crippen LogP contribution >= 0.6 is 0 Å². The van der Waals surface area contributed by atoms with Gasteiger partial charge in [0.25, 0.3) is 5.91 Å². The second kappa shape index (κ2) is 5.61. The fraction of sp³-hybridized carbons (Fsp3) is 0.909. The number of hydrogen-bond donors (Lipinski definition) is 1. The van der Waals surface area contributed by atoms with Gasteiger partial charge >= 0.3 is 0 Å². The van der Waals surface area contributed by atoms with Crippen molar-refractivity contribution < 1.29 is 9.53 Å². The van der Waals surface area contributed by atoms with Gasteiger partial charge in [0.1, 0.15) is 0 Å². The lowest BCUT2D eigenvalue weighted by atomic mass is 10.2. The number of carbonyl (C=O) groups excluding carboxylic acids is 1. The first-order valence-corrected chi connectivity index (χ1v) is 6.20. The molecular weight excluding hydrogens is 206 g/mol. The molecule has 1 unspecified atom stereocenters. The molecule has 0 aliphatic carbocycles. The van der Waals surface area contributed by atoms with Crippen LogP contribution in [-0.4, -0.2) is 61.4 Å². The van der Waals surface area contributed by atoms with Crippen molar-refractivity contribution in [1.29, 1.82) is 0 Å². The van der Waals surface area contributed by atoms with Crippen LogP contribution in [0.3, 0.4) is 0 Å². The van der Waals surface area contributed by atoms with Crippen molar-refractivity contribution in [2.45, 2.75) is 25.8 Å².